The van der Waals surface area contributed by atoms with Gasteiger partial charge >= 0.3 is 6.18 Å². The second kappa shape index (κ2) is 14.4. The highest BCUT2D eigenvalue weighted by Gasteiger charge is 2.52. The van der Waals surface area contributed by atoms with E-state index < -0.39 is 53.2 Å². The summed E-state index contributed by atoms with van der Waals surface area (Å²) in [5, 5.41) is 5.77. The number of aromatic amines is 1. The first kappa shape index (κ1) is 35.3. The molecule has 45 heavy (non-hydrogen) atoms. The fourth-order valence-corrected chi connectivity index (χ4v) is 6.51. The van der Waals surface area contributed by atoms with E-state index in [2.05, 4.69) is 10.1 Å². The summed E-state index contributed by atoms with van der Waals surface area (Å²) in [6.45, 7) is 1.92. The molecule has 3 aliphatic rings. The Morgan fingerprint density at radius 2 is 1.87 bits per heavy atom. The number of aromatic nitrogens is 2. The van der Waals surface area contributed by atoms with E-state index in [0.717, 1.165) is 0 Å². The highest BCUT2D eigenvalue weighted by atomic mass is 31.0. The molecule has 1 N–H and O–H groups in total. The molecule has 250 valence electrons. The van der Waals surface area contributed by atoms with Crippen LogP contribution in [0.3, 0.4) is 0 Å². The lowest BCUT2D eigenvalue weighted by molar-refractivity contribution is -0.162. The van der Waals surface area contributed by atoms with Crippen molar-refractivity contribution in [2.45, 2.75) is 94.9 Å². The lowest BCUT2D eigenvalue weighted by atomic mass is 9.90. The second-order valence-electron chi connectivity index (χ2n) is 11.9. The second-order valence-corrected chi connectivity index (χ2v) is 12.6. The van der Waals surface area contributed by atoms with Gasteiger partial charge < -0.3 is 4.90 Å². The van der Waals surface area contributed by atoms with Gasteiger partial charge in [0.1, 0.15) is 11.5 Å². The number of piperidine rings is 1. The van der Waals surface area contributed by atoms with Crippen LogP contribution in [0.4, 0.5) is 30.7 Å². The van der Waals surface area contributed by atoms with E-state index in [4.69, 9.17) is 0 Å². The number of hydrogen-bond donors (Lipinski definition) is 1. The SMILES string of the molecule is CCCN(CCCCCC1=C\CC\C=C(C(F)(F)P)/C=N/1)C(=O)C1CN(C2CCc3c2n[nH]c(=O)c3C(F)(F)F)CCC1(F)F. The molecule has 3 atom stereocenters. The van der Waals surface area contributed by atoms with Gasteiger partial charge in [-0.15, -0.1) is 0 Å². The predicted molar refractivity (Wildman–Crippen MR) is 159 cm³/mol. The fourth-order valence-electron chi connectivity index (χ4n) is 6.31. The van der Waals surface area contributed by atoms with E-state index in [1.54, 1.807) is 4.90 Å². The molecular weight excluding hydrogens is 626 g/mol. The van der Waals surface area contributed by atoms with Gasteiger partial charge in [0.05, 0.1) is 11.7 Å². The number of carbonyl (C=O) groups is 1. The van der Waals surface area contributed by atoms with Gasteiger partial charge in [0, 0.05) is 50.1 Å². The van der Waals surface area contributed by atoms with Crippen molar-refractivity contribution in [1.29, 1.82) is 0 Å². The first-order valence-corrected chi connectivity index (χ1v) is 15.9. The van der Waals surface area contributed by atoms with Crippen molar-refractivity contribution in [3.63, 3.8) is 0 Å². The van der Waals surface area contributed by atoms with Crippen molar-refractivity contribution in [3.05, 3.63) is 50.6 Å². The number of fused-ring (bicyclic) bond motifs is 1. The third kappa shape index (κ3) is 8.61. The zero-order valence-corrected chi connectivity index (χ0v) is 26.3. The number of amides is 1. The molecule has 1 aliphatic carbocycles. The lowest BCUT2D eigenvalue weighted by Gasteiger charge is -2.42. The number of H-pyrrole nitrogens is 1. The molecule has 0 spiro atoms. The Kier molecular flexibility index (Phi) is 11.3. The van der Waals surface area contributed by atoms with Crippen LogP contribution < -0.4 is 5.56 Å². The maximum atomic E-state index is 15.2. The first-order valence-electron chi connectivity index (χ1n) is 15.3. The Balaban J connectivity index is 1.37. The Hall–Kier alpha value is -2.60. The van der Waals surface area contributed by atoms with Gasteiger partial charge in [0.15, 0.2) is 0 Å². The minimum Gasteiger partial charge on any atom is -0.342 e. The lowest BCUT2D eigenvalue weighted by Crippen LogP contribution is -2.55. The van der Waals surface area contributed by atoms with Crippen molar-refractivity contribution in [3.8, 4) is 0 Å². The van der Waals surface area contributed by atoms with E-state index in [1.807, 2.05) is 18.1 Å². The van der Waals surface area contributed by atoms with Crippen LogP contribution in [0, 0.1) is 5.92 Å². The molecule has 1 fully saturated rings. The third-order valence-electron chi connectivity index (χ3n) is 8.61. The van der Waals surface area contributed by atoms with E-state index in [-0.39, 0.29) is 55.9 Å². The normalized spacial score (nSPS) is 25.4. The van der Waals surface area contributed by atoms with E-state index in [9.17, 15) is 31.5 Å². The minimum atomic E-state index is -4.88. The average molecular weight is 666 g/mol. The largest absolute Gasteiger partial charge is 0.422 e. The van der Waals surface area contributed by atoms with Crippen LogP contribution in [0.15, 0.2) is 33.2 Å². The van der Waals surface area contributed by atoms with E-state index in [0.29, 0.717) is 50.6 Å². The number of nitrogens with one attached hydrogen (secondary N) is 1. The summed E-state index contributed by atoms with van der Waals surface area (Å²) < 4.78 is 98.5. The van der Waals surface area contributed by atoms with Gasteiger partial charge in [0.2, 0.25) is 5.91 Å². The Morgan fingerprint density at radius 3 is 2.56 bits per heavy atom. The summed E-state index contributed by atoms with van der Waals surface area (Å²) in [5.41, 5.74) is -5.35. The van der Waals surface area contributed by atoms with Crippen molar-refractivity contribution >= 4 is 21.4 Å². The van der Waals surface area contributed by atoms with Crippen molar-refractivity contribution in [1.82, 2.24) is 20.0 Å². The topological polar surface area (TPSA) is 81.7 Å². The van der Waals surface area contributed by atoms with Gasteiger partial charge in [-0.2, -0.15) is 27.1 Å². The van der Waals surface area contributed by atoms with Crippen LogP contribution in [-0.4, -0.2) is 69.9 Å². The standard InChI is InChI=1S/C30H39F7N5O2P/c1-2-14-41(15-7-3-4-9-20-10-6-5-8-19(17-38-20)30(36,37)45)27(44)22-18-42(16-13-28(22,31)32)23-12-11-21-24(29(33,34)35)26(43)40-39-25(21)23/h8,10,17,22-23H,2-7,9,11-16,18,45H2,1H3,(H,40,43)/b19-8+,20-10-,38-17+. The van der Waals surface area contributed by atoms with Crippen molar-refractivity contribution in [2.75, 3.05) is 26.2 Å². The molecule has 1 amide bonds. The molecule has 15 heteroatoms. The van der Waals surface area contributed by atoms with Gasteiger partial charge in [0.25, 0.3) is 17.1 Å². The fraction of sp³-hybridized carbons (Fsp3) is 0.667. The molecule has 2 aliphatic heterocycles. The molecule has 0 radical (unpaired) electrons. The Labute approximate surface area is 259 Å². The monoisotopic (exact) mass is 665 g/mol. The van der Waals surface area contributed by atoms with Crippen LogP contribution in [-0.2, 0) is 17.4 Å². The molecule has 0 bridgehead atoms. The highest BCUT2D eigenvalue weighted by Crippen LogP contribution is 2.44. The molecule has 1 saturated heterocycles. The van der Waals surface area contributed by atoms with E-state index >= 15 is 8.78 Å². The average Bonchev–Trinajstić information content (AvgIpc) is 3.35. The van der Waals surface area contributed by atoms with Crippen LogP contribution in [0.25, 0.3) is 0 Å². The smallest absolute Gasteiger partial charge is 0.342 e. The summed E-state index contributed by atoms with van der Waals surface area (Å²) >= 11 is 0. The number of allylic oxidation sites excluding steroid dienone is 4. The van der Waals surface area contributed by atoms with Crippen LogP contribution in [0.2, 0.25) is 0 Å². The van der Waals surface area contributed by atoms with Gasteiger partial charge in [-0.3, -0.25) is 19.5 Å². The van der Waals surface area contributed by atoms with Crippen LogP contribution in [0.1, 0.15) is 87.6 Å². The number of nitrogens with zero attached hydrogens (tertiary/aromatic N) is 4. The number of carbonyl (C=O) groups excluding carboxylic acids is 1. The summed E-state index contributed by atoms with van der Waals surface area (Å²) in [4.78, 5) is 32.7. The Morgan fingerprint density at radius 1 is 1.13 bits per heavy atom. The maximum Gasteiger partial charge on any atom is 0.422 e. The van der Waals surface area contributed by atoms with E-state index in [1.165, 1.54) is 26.4 Å². The maximum absolute atomic E-state index is 15.2. The van der Waals surface area contributed by atoms with Crippen LogP contribution in [0.5, 0.6) is 0 Å². The number of hydrogen-bond acceptors (Lipinski definition) is 5. The molecule has 0 aromatic carbocycles. The Bertz CT molecular complexity index is 1370. The number of aliphatic imine (C=N–C) groups is 1. The zero-order valence-electron chi connectivity index (χ0n) is 25.1. The van der Waals surface area contributed by atoms with Gasteiger partial charge in [-0.1, -0.05) is 34.7 Å². The van der Waals surface area contributed by atoms with Gasteiger partial charge in [-0.25, -0.2) is 13.9 Å². The molecule has 7 nitrogen and oxygen atoms in total. The molecule has 4 rings (SSSR count). The van der Waals surface area contributed by atoms with Gasteiger partial charge in [-0.05, 0) is 56.9 Å². The molecule has 3 heterocycles. The highest BCUT2D eigenvalue weighted by molar-refractivity contribution is 7.18. The molecule has 3 unspecified atom stereocenters. The molecular formula is C30H39F7N5O2P. The van der Waals surface area contributed by atoms with Crippen molar-refractivity contribution < 1.29 is 35.5 Å². The molecule has 1 aromatic heterocycles. The minimum absolute atomic E-state index is 0.0158. The first-order chi connectivity index (χ1) is 21.1. The quantitative estimate of drug-likeness (QED) is 0.163. The zero-order chi connectivity index (χ0) is 33.0. The molecule has 1 aromatic rings. The van der Waals surface area contributed by atoms with Crippen molar-refractivity contribution in [2.24, 2.45) is 10.9 Å². The number of unbranched alkanes of at least 4 members (excludes halogenated alkanes) is 2. The molecule has 0 saturated carbocycles. The number of alkyl halides is 7. The number of halogens is 7. The number of rotatable bonds is 11. The predicted octanol–water partition coefficient (Wildman–Crippen LogP) is 6.68. The summed E-state index contributed by atoms with van der Waals surface area (Å²) in [7, 11) is 1.51. The summed E-state index contributed by atoms with van der Waals surface area (Å²) in [5.74, 6) is -5.65. The number of likely N-dealkylation sites (tertiary alicyclic amines) is 1. The summed E-state index contributed by atoms with van der Waals surface area (Å²) in [6.07, 6.45) is 3.23. The van der Waals surface area contributed by atoms with Crippen LogP contribution >= 0.6 is 9.24 Å². The summed E-state index contributed by atoms with van der Waals surface area (Å²) in [6, 6.07) is -0.719. The third-order valence-corrected chi connectivity index (χ3v) is 8.95.